The fourth-order valence-electron chi connectivity index (χ4n) is 1.48. The van der Waals surface area contributed by atoms with Crippen LogP contribution in [-0.2, 0) is 14.3 Å². The Morgan fingerprint density at radius 3 is 2.79 bits per heavy atom. The molecule has 1 rings (SSSR count). The van der Waals surface area contributed by atoms with Crippen molar-refractivity contribution in [2.75, 3.05) is 20.7 Å². The molecule has 0 amide bonds. The Morgan fingerprint density at radius 1 is 1.64 bits per heavy atom. The van der Waals surface area contributed by atoms with Gasteiger partial charge in [0.1, 0.15) is 0 Å². The summed E-state index contributed by atoms with van der Waals surface area (Å²) in [7, 11) is 3.11. The summed E-state index contributed by atoms with van der Waals surface area (Å²) in [6.45, 7) is 0.865. The van der Waals surface area contributed by atoms with Gasteiger partial charge < -0.3 is 9.64 Å². The van der Waals surface area contributed by atoms with Gasteiger partial charge in [-0.3, -0.25) is 0 Å². The van der Waals surface area contributed by atoms with Gasteiger partial charge in [-0.1, -0.05) is 0 Å². The number of allylic oxidation sites excluding steroid dienone is 1. The van der Waals surface area contributed by atoms with Crippen LogP contribution in [0.5, 0.6) is 0 Å². The van der Waals surface area contributed by atoms with Crippen molar-refractivity contribution in [1.29, 1.82) is 0 Å². The fraction of sp³-hybridized carbons (Fsp3) is 0.556. The van der Waals surface area contributed by atoms with Gasteiger partial charge in [0, 0.05) is 19.3 Å². The predicted octanol–water partition coefficient (Wildman–Crippen LogP) is 0.432. The van der Waals surface area contributed by atoms with E-state index in [9.17, 15) is 9.59 Å². The maximum atomic E-state index is 11.3. The van der Waals surface area contributed by atoms with E-state index < -0.39 is 5.97 Å². The maximum Gasteiger partial charge on any atom is 0.359 e. The summed E-state index contributed by atoms with van der Waals surface area (Å²) in [4.78, 5) is 26.7. The highest BCUT2D eigenvalue weighted by molar-refractivity contribution is 5.89. The van der Waals surface area contributed by atoms with Gasteiger partial charge >= 0.3 is 5.97 Å². The molecule has 1 fully saturated rings. The maximum absolute atomic E-state index is 11.3. The molecule has 0 N–H and O–H groups in total. The summed E-state index contributed by atoms with van der Waals surface area (Å²) < 4.78 is 4.53. The Balaban J connectivity index is 3.06. The van der Waals surface area contributed by atoms with Crippen molar-refractivity contribution >= 4 is 12.0 Å². The van der Waals surface area contributed by atoms with E-state index in [1.807, 2.05) is 11.9 Å². The number of aliphatic imine (C=N–C) groups is 1. The van der Waals surface area contributed by atoms with Crippen LogP contribution in [0.2, 0.25) is 0 Å². The SMILES string of the molecule is COC(=O)/C(N=C=O)=C1\CCCN1C. The van der Waals surface area contributed by atoms with Gasteiger partial charge in [-0.05, 0) is 12.8 Å². The number of methoxy groups -OCH3 is 1. The molecule has 5 heteroatoms. The molecule has 0 spiro atoms. The van der Waals surface area contributed by atoms with Gasteiger partial charge in [0.25, 0.3) is 0 Å². The Bertz CT molecular complexity index is 316. The molecular formula is C9H12N2O3. The lowest BCUT2D eigenvalue weighted by molar-refractivity contribution is -0.136. The highest BCUT2D eigenvalue weighted by atomic mass is 16.5. The lowest BCUT2D eigenvalue weighted by Crippen LogP contribution is -2.16. The van der Waals surface area contributed by atoms with Crippen molar-refractivity contribution in [3.63, 3.8) is 0 Å². The van der Waals surface area contributed by atoms with E-state index in [2.05, 4.69) is 9.73 Å². The molecule has 1 saturated heterocycles. The van der Waals surface area contributed by atoms with Crippen molar-refractivity contribution in [3.05, 3.63) is 11.4 Å². The summed E-state index contributed by atoms with van der Waals surface area (Å²) in [5, 5.41) is 0. The van der Waals surface area contributed by atoms with Crippen molar-refractivity contribution < 1.29 is 14.3 Å². The standard InChI is InChI=1S/C9H12N2O3/c1-11-5-3-4-7(11)8(10-6-12)9(13)14-2/h3-5H2,1-2H3/b8-7-. The first-order chi connectivity index (χ1) is 6.70. The molecule has 5 nitrogen and oxygen atoms in total. The number of carbonyl (C=O) groups excluding carboxylic acids is 2. The molecule has 0 bridgehead atoms. The quantitative estimate of drug-likeness (QED) is 0.278. The Labute approximate surface area is 82.1 Å². The van der Waals surface area contributed by atoms with Crippen LogP contribution < -0.4 is 0 Å². The van der Waals surface area contributed by atoms with Crippen LogP contribution in [0.4, 0.5) is 0 Å². The summed E-state index contributed by atoms with van der Waals surface area (Å²) in [5.41, 5.74) is 0.822. The second-order valence-corrected chi connectivity index (χ2v) is 3.02. The zero-order valence-electron chi connectivity index (χ0n) is 8.24. The lowest BCUT2D eigenvalue weighted by Gasteiger charge is -2.13. The summed E-state index contributed by atoms with van der Waals surface area (Å²) in [6.07, 6.45) is 3.07. The van der Waals surface area contributed by atoms with Gasteiger partial charge in [0.05, 0.1) is 7.11 Å². The molecule has 0 aliphatic carbocycles. The molecule has 1 aliphatic heterocycles. The molecular weight excluding hydrogens is 184 g/mol. The number of esters is 1. The lowest BCUT2D eigenvalue weighted by atomic mass is 10.2. The molecule has 0 unspecified atom stereocenters. The van der Waals surface area contributed by atoms with Crippen LogP contribution in [0.3, 0.4) is 0 Å². The smallest absolute Gasteiger partial charge is 0.359 e. The number of hydrogen-bond donors (Lipinski definition) is 0. The third-order valence-electron chi connectivity index (χ3n) is 2.18. The Morgan fingerprint density at radius 2 is 2.36 bits per heavy atom. The first-order valence-electron chi connectivity index (χ1n) is 4.31. The van der Waals surface area contributed by atoms with Crippen molar-refractivity contribution in [2.45, 2.75) is 12.8 Å². The molecule has 14 heavy (non-hydrogen) atoms. The second-order valence-electron chi connectivity index (χ2n) is 3.02. The van der Waals surface area contributed by atoms with Crippen LogP contribution in [-0.4, -0.2) is 37.7 Å². The molecule has 1 heterocycles. The average molecular weight is 196 g/mol. The van der Waals surface area contributed by atoms with Gasteiger partial charge in [0.2, 0.25) is 6.08 Å². The molecule has 0 aromatic rings. The number of hydrogen-bond acceptors (Lipinski definition) is 5. The molecule has 0 saturated carbocycles. The highest BCUT2D eigenvalue weighted by Gasteiger charge is 2.22. The van der Waals surface area contributed by atoms with Crippen molar-refractivity contribution in [2.24, 2.45) is 4.99 Å². The van der Waals surface area contributed by atoms with E-state index in [-0.39, 0.29) is 5.70 Å². The number of isocyanates is 1. The minimum atomic E-state index is -0.586. The predicted molar refractivity (Wildman–Crippen MR) is 49.0 cm³/mol. The van der Waals surface area contributed by atoms with E-state index in [0.717, 1.165) is 25.1 Å². The number of rotatable bonds is 2. The van der Waals surface area contributed by atoms with E-state index in [0.29, 0.717) is 0 Å². The average Bonchev–Trinajstić information content (AvgIpc) is 2.60. The normalized spacial score (nSPS) is 18.9. The van der Waals surface area contributed by atoms with E-state index in [1.165, 1.54) is 13.2 Å². The van der Waals surface area contributed by atoms with Gasteiger partial charge in [0.15, 0.2) is 5.70 Å². The minimum absolute atomic E-state index is 0.0718. The third-order valence-corrected chi connectivity index (χ3v) is 2.18. The zero-order chi connectivity index (χ0) is 10.6. The van der Waals surface area contributed by atoms with Crippen LogP contribution in [0.1, 0.15) is 12.8 Å². The molecule has 1 aliphatic rings. The largest absolute Gasteiger partial charge is 0.464 e. The van der Waals surface area contributed by atoms with Crippen molar-refractivity contribution in [3.8, 4) is 0 Å². The molecule has 0 radical (unpaired) electrons. The molecule has 76 valence electrons. The molecule has 0 aromatic heterocycles. The highest BCUT2D eigenvalue weighted by Crippen LogP contribution is 2.23. The van der Waals surface area contributed by atoms with Gasteiger partial charge in [-0.2, -0.15) is 4.99 Å². The monoisotopic (exact) mass is 196 g/mol. The summed E-state index contributed by atoms with van der Waals surface area (Å²) in [5.74, 6) is -0.586. The topological polar surface area (TPSA) is 59.0 Å². The van der Waals surface area contributed by atoms with Crippen LogP contribution in [0.15, 0.2) is 16.4 Å². The first kappa shape index (κ1) is 10.5. The minimum Gasteiger partial charge on any atom is -0.464 e. The van der Waals surface area contributed by atoms with Crippen LogP contribution in [0, 0.1) is 0 Å². The van der Waals surface area contributed by atoms with E-state index in [4.69, 9.17) is 0 Å². The number of ether oxygens (including phenoxy) is 1. The third kappa shape index (κ3) is 2.00. The van der Waals surface area contributed by atoms with Gasteiger partial charge in [-0.15, -0.1) is 0 Å². The van der Waals surface area contributed by atoms with Gasteiger partial charge in [-0.25, -0.2) is 9.59 Å². The van der Waals surface area contributed by atoms with E-state index >= 15 is 0 Å². The Kier molecular flexibility index (Phi) is 3.42. The van der Waals surface area contributed by atoms with Crippen molar-refractivity contribution in [1.82, 2.24) is 4.90 Å². The first-order valence-corrected chi connectivity index (χ1v) is 4.31. The second kappa shape index (κ2) is 4.58. The fourth-order valence-corrected chi connectivity index (χ4v) is 1.48. The summed E-state index contributed by atoms with van der Waals surface area (Å²) in [6, 6.07) is 0. The zero-order valence-corrected chi connectivity index (χ0v) is 8.24. The number of nitrogens with zero attached hydrogens (tertiary/aromatic N) is 2. The molecule has 0 aromatic carbocycles. The Hall–Kier alpha value is -1.61. The van der Waals surface area contributed by atoms with E-state index in [1.54, 1.807) is 0 Å². The molecule has 0 atom stereocenters. The number of carbonyl (C=O) groups is 1. The number of likely N-dealkylation sites (tertiary alicyclic amines) is 1. The van der Waals surface area contributed by atoms with Crippen LogP contribution in [0.25, 0.3) is 0 Å². The summed E-state index contributed by atoms with van der Waals surface area (Å²) >= 11 is 0. The van der Waals surface area contributed by atoms with Crippen LogP contribution >= 0.6 is 0 Å².